The molecular weight excluding hydrogens is 444 g/mol. The second-order valence-corrected chi connectivity index (χ2v) is 9.38. The van der Waals surface area contributed by atoms with Crippen LogP contribution >= 0.6 is 0 Å². The van der Waals surface area contributed by atoms with E-state index in [-0.39, 0.29) is 5.91 Å². The van der Waals surface area contributed by atoms with Crippen molar-refractivity contribution in [2.75, 3.05) is 19.6 Å². The lowest BCUT2D eigenvalue weighted by Crippen LogP contribution is -2.47. The summed E-state index contributed by atoms with van der Waals surface area (Å²) < 4.78 is 3.41. The van der Waals surface area contributed by atoms with Crippen LogP contribution in [-0.4, -0.2) is 60.5 Å². The van der Waals surface area contributed by atoms with Crippen molar-refractivity contribution in [3.8, 4) is 0 Å². The lowest BCUT2D eigenvalue weighted by atomic mass is 10.0. The van der Waals surface area contributed by atoms with Gasteiger partial charge in [0.2, 0.25) is 0 Å². The fraction of sp³-hybridized carbons (Fsp3) is 0.538. The average Bonchev–Trinajstić information content (AvgIpc) is 3.20. The van der Waals surface area contributed by atoms with E-state index in [4.69, 9.17) is 4.98 Å². The molecule has 2 aromatic heterocycles. The van der Waals surface area contributed by atoms with Gasteiger partial charge >= 0.3 is 5.69 Å². The normalized spacial score (nSPS) is 14.8. The Morgan fingerprint density at radius 1 is 1.11 bits per heavy atom. The Labute approximate surface area is 205 Å². The summed E-state index contributed by atoms with van der Waals surface area (Å²) in [5.41, 5.74) is 0.838. The van der Waals surface area contributed by atoms with Crippen LogP contribution in [0.25, 0.3) is 11.2 Å². The van der Waals surface area contributed by atoms with E-state index in [0.717, 1.165) is 63.1 Å². The molecule has 0 atom stereocenters. The monoisotopic (exact) mass is 480 g/mol. The molecular formula is C26H36N6O3. The Kier molecular flexibility index (Phi) is 7.85. The lowest BCUT2D eigenvalue weighted by Gasteiger charge is -2.38. The molecule has 0 bridgehead atoms. The third kappa shape index (κ3) is 5.24. The number of hydrogen-bond donors (Lipinski definition) is 1. The largest absolute Gasteiger partial charge is 0.339 e. The van der Waals surface area contributed by atoms with Crippen molar-refractivity contribution in [2.24, 2.45) is 7.05 Å². The van der Waals surface area contributed by atoms with Crippen LogP contribution in [0.4, 0.5) is 0 Å². The first-order valence-corrected chi connectivity index (χ1v) is 12.7. The minimum absolute atomic E-state index is 0.0886. The molecule has 1 aromatic carbocycles. The highest BCUT2D eigenvalue weighted by Crippen LogP contribution is 2.22. The van der Waals surface area contributed by atoms with E-state index in [1.54, 1.807) is 4.57 Å². The van der Waals surface area contributed by atoms with Crippen molar-refractivity contribution in [1.82, 2.24) is 28.9 Å². The first-order chi connectivity index (χ1) is 16.9. The molecule has 0 saturated carbocycles. The highest BCUT2D eigenvalue weighted by Gasteiger charge is 2.28. The van der Waals surface area contributed by atoms with Gasteiger partial charge in [-0.3, -0.25) is 24.0 Å². The average molecular weight is 481 g/mol. The van der Waals surface area contributed by atoms with Gasteiger partial charge < -0.3 is 9.47 Å². The second kappa shape index (κ2) is 11.0. The van der Waals surface area contributed by atoms with Crippen molar-refractivity contribution in [1.29, 1.82) is 0 Å². The van der Waals surface area contributed by atoms with Crippen molar-refractivity contribution in [3.63, 3.8) is 0 Å². The van der Waals surface area contributed by atoms with Gasteiger partial charge in [0, 0.05) is 38.3 Å². The van der Waals surface area contributed by atoms with Crippen LogP contribution < -0.4 is 11.2 Å². The molecule has 1 aliphatic rings. The zero-order valence-electron chi connectivity index (χ0n) is 21.0. The summed E-state index contributed by atoms with van der Waals surface area (Å²) in [5.74, 6) is 0.864. The van der Waals surface area contributed by atoms with Gasteiger partial charge in [-0.25, -0.2) is 9.78 Å². The molecule has 188 valence electrons. The standard InChI is InChI=1S/C26H36N6O3/c1-4-6-15-32-23-22(24(33)28-26(32)35)29(3)21(27-23)18-31(14-5-2)20-12-16-30(17-13-20)25(34)19-10-8-7-9-11-19/h7-11,20H,4-6,12-18H2,1-3H3,(H,28,33,35). The maximum atomic E-state index is 12.8. The van der Waals surface area contributed by atoms with Crippen LogP contribution in [0.5, 0.6) is 0 Å². The van der Waals surface area contributed by atoms with Gasteiger partial charge in [0.15, 0.2) is 11.2 Å². The molecule has 1 saturated heterocycles. The molecule has 9 nitrogen and oxygen atoms in total. The van der Waals surface area contributed by atoms with Crippen molar-refractivity contribution < 1.29 is 4.79 Å². The topological polar surface area (TPSA) is 96.2 Å². The molecule has 4 rings (SSSR count). The van der Waals surface area contributed by atoms with Crippen LogP contribution in [0.2, 0.25) is 0 Å². The highest BCUT2D eigenvalue weighted by atomic mass is 16.2. The van der Waals surface area contributed by atoms with E-state index in [2.05, 4.69) is 23.7 Å². The number of aromatic amines is 1. The maximum Gasteiger partial charge on any atom is 0.330 e. The number of H-pyrrole nitrogens is 1. The Bertz CT molecular complexity index is 1270. The molecule has 35 heavy (non-hydrogen) atoms. The van der Waals surface area contributed by atoms with Gasteiger partial charge in [-0.2, -0.15) is 0 Å². The molecule has 9 heteroatoms. The van der Waals surface area contributed by atoms with E-state index >= 15 is 0 Å². The number of benzene rings is 1. The first kappa shape index (κ1) is 24.9. The SMILES string of the molecule is CCCCn1c(=O)[nH]c(=O)c2c1nc(CN(CCC)C1CCN(C(=O)c3ccccc3)CC1)n2C. The van der Waals surface area contributed by atoms with Crippen LogP contribution in [0.15, 0.2) is 39.9 Å². The summed E-state index contributed by atoms with van der Waals surface area (Å²) >= 11 is 0. The Balaban J connectivity index is 1.53. The molecule has 0 aliphatic carbocycles. The van der Waals surface area contributed by atoms with Gasteiger partial charge in [0.25, 0.3) is 11.5 Å². The smallest absolute Gasteiger partial charge is 0.330 e. The Hall–Kier alpha value is -3.20. The molecule has 1 aliphatic heterocycles. The zero-order chi connectivity index (χ0) is 24.9. The Morgan fingerprint density at radius 3 is 2.49 bits per heavy atom. The number of amides is 1. The van der Waals surface area contributed by atoms with Gasteiger partial charge in [0.05, 0.1) is 6.54 Å². The van der Waals surface area contributed by atoms with Crippen molar-refractivity contribution >= 4 is 17.1 Å². The number of aromatic nitrogens is 4. The lowest BCUT2D eigenvalue weighted by molar-refractivity contribution is 0.0602. The van der Waals surface area contributed by atoms with Gasteiger partial charge in [-0.05, 0) is 44.4 Å². The molecule has 0 unspecified atom stereocenters. The number of aryl methyl sites for hydroxylation is 2. The van der Waals surface area contributed by atoms with E-state index in [0.29, 0.717) is 30.3 Å². The number of fused-ring (bicyclic) bond motifs is 1. The highest BCUT2D eigenvalue weighted by molar-refractivity contribution is 5.94. The van der Waals surface area contributed by atoms with E-state index in [9.17, 15) is 14.4 Å². The molecule has 1 N–H and O–H groups in total. The Morgan fingerprint density at radius 2 is 1.83 bits per heavy atom. The number of nitrogens with one attached hydrogen (secondary N) is 1. The number of imidazole rings is 1. The third-order valence-electron chi connectivity index (χ3n) is 6.99. The molecule has 1 fully saturated rings. The van der Waals surface area contributed by atoms with Crippen LogP contribution in [0, 0.1) is 0 Å². The summed E-state index contributed by atoms with van der Waals surface area (Å²) in [4.78, 5) is 49.5. The summed E-state index contributed by atoms with van der Waals surface area (Å²) in [6.07, 6.45) is 4.57. The van der Waals surface area contributed by atoms with Crippen LogP contribution in [0.3, 0.4) is 0 Å². The first-order valence-electron chi connectivity index (χ1n) is 12.7. The predicted octanol–water partition coefficient (Wildman–Crippen LogP) is 2.74. The molecule has 1 amide bonds. The summed E-state index contributed by atoms with van der Waals surface area (Å²) in [6, 6.07) is 9.77. The fourth-order valence-corrected chi connectivity index (χ4v) is 5.01. The van der Waals surface area contributed by atoms with Crippen LogP contribution in [0.1, 0.15) is 62.1 Å². The minimum Gasteiger partial charge on any atom is -0.339 e. The number of piperidine rings is 1. The van der Waals surface area contributed by atoms with E-state index in [1.165, 1.54) is 0 Å². The number of hydrogen-bond acceptors (Lipinski definition) is 5. The predicted molar refractivity (Wildman–Crippen MR) is 137 cm³/mol. The number of unbranched alkanes of at least 4 members (excludes halogenated alkanes) is 1. The fourth-order valence-electron chi connectivity index (χ4n) is 5.01. The summed E-state index contributed by atoms with van der Waals surface area (Å²) in [5, 5.41) is 0. The summed E-state index contributed by atoms with van der Waals surface area (Å²) in [6.45, 7) is 7.69. The van der Waals surface area contributed by atoms with Crippen LogP contribution in [-0.2, 0) is 20.1 Å². The van der Waals surface area contributed by atoms with E-state index < -0.39 is 11.2 Å². The molecule has 3 heterocycles. The van der Waals surface area contributed by atoms with Gasteiger partial charge in [0.1, 0.15) is 5.82 Å². The second-order valence-electron chi connectivity index (χ2n) is 9.38. The number of likely N-dealkylation sites (tertiary alicyclic amines) is 1. The third-order valence-corrected chi connectivity index (χ3v) is 6.99. The van der Waals surface area contributed by atoms with E-state index in [1.807, 2.05) is 46.8 Å². The minimum atomic E-state index is -0.401. The van der Waals surface area contributed by atoms with Crippen molar-refractivity contribution in [3.05, 3.63) is 62.6 Å². The quantitative estimate of drug-likeness (QED) is 0.508. The number of nitrogens with zero attached hydrogens (tertiary/aromatic N) is 5. The number of rotatable bonds is 9. The summed E-state index contributed by atoms with van der Waals surface area (Å²) in [7, 11) is 1.85. The van der Waals surface area contributed by atoms with Crippen molar-refractivity contribution in [2.45, 2.75) is 65.1 Å². The van der Waals surface area contributed by atoms with Gasteiger partial charge in [-0.1, -0.05) is 38.5 Å². The molecule has 0 radical (unpaired) electrons. The zero-order valence-corrected chi connectivity index (χ0v) is 21.0. The maximum absolute atomic E-state index is 12.8. The van der Waals surface area contributed by atoms with Gasteiger partial charge in [-0.15, -0.1) is 0 Å². The molecule has 0 spiro atoms. The molecule has 3 aromatic rings. The number of carbonyl (C=O) groups is 1. The number of carbonyl (C=O) groups excluding carboxylic acids is 1.